The quantitative estimate of drug-likeness (QED) is 0.800. The topological polar surface area (TPSA) is 42.7 Å². The second-order valence-electron chi connectivity index (χ2n) is 4.76. The number of hydrogen-bond acceptors (Lipinski definition) is 3. The van der Waals surface area contributed by atoms with Crippen LogP contribution in [-0.2, 0) is 13.1 Å². The number of rotatable bonds is 6. The van der Waals surface area contributed by atoms with E-state index in [0.29, 0.717) is 6.04 Å². The van der Waals surface area contributed by atoms with Crippen molar-refractivity contribution >= 4 is 0 Å². The van der Waals surface area contributed by atoms with Crippen LogP contribution in [0.2, 0.25) is 0 Å². The second kappa shape index (κ2) is 5.43. The summed E-state index contributed by atoms with van der Waals surface area (Å²) in [6, 6.07) is 0.612. The molecule has 1 aromatic rings. The Hall–Kier alpha value is -0.900. The summed E-state index contributed by atoms with van der Waals surface area (Å²) in [5, 5.41) is 7.79. The summed E-state index contributed by atoms with van der Waals surface area (Å²) in [6.07, 6.45) is 6.93. The Balaban J connectivity index is 1.81. The van der Waals surface area contributed by atoms with Gasteiger partial charge in [-0.05, 0) is 32.1 Å². The minimum absolute atomic E-state index is 0.612. The molecule has 1 fully saturated rings. The van der Waals surface area contributed by atoms with Crippen LogP contribution >= 0.6 is 0 Å². The van der Waals surface area contributed by atoms with Crippen LogP contribution in [0.3, 0.4) is 0 Å². The number of hydrogen-bond donors (Lipinski definition) is 1. The highest BCUT2D eigenvalue weighted by atomic mass is 15.3. The molecule has 1 aromatic heterocycles. The summed E-state index contributed by atoms with van der Waals surface area (Å²) in [7, 11) is 0. The predicted molar refractivity (Wildman–Crippen MR) is 64.0 cm³/mol. The van der Waals surface area contributed by atoms with Gasteiger partial charge in [-0.1, -0.05) is 13.3 Å². The maximum atomic E-state index is 4.30. The maximum Gasteiger partial charge on any atom is 0.140 e. The average molecular weight is 222 g/mol. The van der Waals surface area contributed by atoms with Gasteiger partial charge >= 0.3 is 0 Å². The molecule has 0 spiro atoms. The van der Waals surface area contributed by atoms with E-state index in [9.17, 15) is 0 Å². The van der Waals surface area contributed by atoms with E-state index in [1.54, 1.807) is 6.33 Å². The van der Waals surface area contributed by atoms with Crippen LogP contribution in [0.15, 0.2) is 6.33 Å². The van der Waals surface area contributed by atoms with Crippen molar-refractivity contribution in [3.63, 3.8) is 0 Å². The number of nitrogens with one attached hydrogen (secondary N) is 1. The number of nitrogens with zero attached hydrogens (tertiary/aromatic N) is 3. The monoisotopic (exact) mass is 222 g/mol. The fourth-order valence-corrected chi connectivity index (χ4v) is 2.18. The molecule has 1 unspecified atom stereocenters. The first-order chi connectivity index (χ1) is 7.81. The van der Waals surface area contributed by atoms with Crippen molar-refractivity contribution in [2.75, 3.05) is 0 Å². The first-order valence-electron chi connectivity index (χ1n) is 6.41. The zero-order valence-corrected chi connectivity index (χ0v) is 10.3. The highest BCUT2D eigenvalue weighted by Gasteiger charge is 2.23. The molecule has 4 heteroatoms. The lowest BCUT2D eigenvalue weighted by Crippen LogP contribution is -2.37. The van der Waals surface area contributed by atoms with Gasteiger partial charge in [0.25, 0.3) is 0 Å². The maximum absolute atomic E-state index is 4.30. The van der Waals surface area contributed by atoms with Crippen molar-refractivity contribution in [1.82, 2.24) is 20.1 Å². The van der Waals surface area contributed by atoms with Gasteiger partial charge in [0.15, 0.2) is 0 Å². The molecule has 1 heterocycles. The summed E-state index contributed by atoms with van der Waals surface area (Å²) in [4.78, 5) is 4.30. The zero-order chi connectivity index (χ0) is 11.4. The summed E-state index contributed by atoms with van der Waals surface area (Å²) in [5.41, 5.74) is 0. The van der Waals surface area contributed by atoms with E-state index in [0.717, 1.165) is 31.3 Å². The van der Waals surface area contributed by atoms with E-state index in [1.165, 1.54) is 19.3 Å². The lowest BCUT2D eigenvalue weighted by atomic mass is 9.80. The van der Waals surface area contributed by atoms with Gasteiger partial charge in [0.2, 0.25) is 0 Å². The molecule has 0 bridgehead atoms. The van der Waals surface area contributed by atoms with Gasteiger partial charge in [-0.15, -0.1) is 0 Å². The summed E-state index contributed by atoms with van der Waals surface area (Å²) < 4.78 is 2.00. The molecule has 4 nitrogen and oxygen atoms in total. The molecule has 1 aliphatic carbocycles. The van der Waals surface area contributed by atoms with E-state index >= 15 is 0 Å². The fourth-order valence-electron chi connectivity index (χ4n) is 2.18. The van der Waals surface area contributed by atoms with Crippen LogP contribution in [0.4, 0.5) is 0 Å². The highest BCUT2D eigenvalue weighted by molar-refractivity contribution is 4.87. The highest BCUT2D eigenvalue weighted by Crippen LogP contribution is 2.29. The number of aromatic nitrogens is 3. The lowest BCUT2D eigenvalue weighted by molar-refractivity contribution is 0.238. The summed E-state index contributed by atoms with van der Waals surface area (Å²) >= 11 is 0. The first kappa shape index (κ1) is 11.6. The van der Waals surface area contributed by atoms with Crippen LogP contribution in [0.5, 0.6) is 0 Å². The third-order valence-electron chi connectivity index (χ3n) is 3.57. The van der Waals surface area contributed by atoms with Gasteiger partial charge < -0.3 is 5.32 Å². The third kappa shape index (κ3) is 2.61. The Kier molecular flexibility index (Phi) is 3.93. The van der Waals surface area contributed by atoms with E-state index in [-0.39, 0.29) is 0 Å². The van der Waals surface area contributed by atoms with Crippen molar-refractivity contribution in [1.29, 1.82) is 0 Å². The van der Waals surface area contributed by atoms with E-state index in [2.05, 4.69) is 29.2 Å². The first-order valence-corrected chi connectivity index (χ1v) is 6.41. The van der Waals surface area contributed by atoms with Crippen molar-refractivity contribution < 1.29 is 0 Å². The predicted octanol–water partition coefficient (Wildman–Crippen LogP) is 1.97. The van der Waals surface area contributed by atoms with Gasteiger partial charge in [0, 0.05) is 12.6 Å². The molecule has 1 N–H and O–H groups in total. The molecule has 0 radical (unpaired) electrons. The molecule has 90 valence electrons. The molecule has 2 rings (SSSR count). The average Bonchev–Trinajstić information content (AvgIpc) is 2.60. The Labute approximate surface area is 97.5 Å². The molecule has 16 heavy (non-hydrogen) atoms. The van der Waals surface area contributed by atoms with Gasteiger partial charge in [0.1, 0.15) is 12.2 Å². The normalized spacial score (nSPS) is 18.4. The van der Waals surface area contributed by atoms with Crippen molar-refractivity contribution in [2.45, 2.75) is 58.7 Å². The Morgan fingerprint density at radius 2 is 2.38 bits per heavy atom. The third-order valence-corrected chi connectivity index (χ3v) is 3.57. The molecule has 1 atom stereocenters. The van der Waals surface area contributed by atoms with E-state index in [1.807, 2.05) is 4.68 Å². The molecule has 0 amide bonds. The Bertz CT molecular complexity index is 317. The largest absolute Gasteiger partial charge is 0.307 e. The lowest BCUT2D eigenvalue weighted by Gasteiger charge is -2.31. The zero-order valence-electron chi connectivity index (χ0n) is 10.3. The molecule has 0 saturated heterocycles. The summed E-state index contributed by atoms with van der Waals surface area (Å²) in [5.74, 6) is 1.94. The van der Waals surface area contributed by atoms with Crippen LogP contribution in [0, 0.1) is 5.92 Å². The van der Waals surface area contributed by atoms with Crippen molar-refractivity contribution in [3.05, 3.63) is 12.2 Å². The molecule has 1 saturated carbocycles. The summed E-state index contributed by atoms with van der Waals surface area (Å²) in [6.45, 7) is 6.26. The van der Waals surface area contributed by atoms with E-state index < -0.39 is 0 Å². The minimum atomic E-state index is 0.612. The minimum Gasteiger partial charge on any atom is -0.307 e. The van der Waals surface area contributed by atoms with Gasteiger partial charge in [-0.25, -0.2) is 9.67 Å². The van der Waals surface area contributed by atoms with Gasteiger partial charge in [-0.3, -0.25) is 0 Å². The second-order valence-corrected chi connectivity index (χ2v) is 4.76. The smallest absolute Gasteiger partial charge is 0.140 e. The Morgan fingerprint density at radius 3 is 3.00 bits per heavy atom. The molecular weight excluding hydrogens is 200 g/mol. The standard InChI is InChI=1S/C12H22N4/c1-3-7-16-12(14-9-15-16)8-13-10(2)11-5-4-6-11/h9-11,13H,3-8H2,1-2H3. The van der Waals surface area contributed by atoms with Crippen LogP contribution < -0.4 is 5.32 Å². The molecule has 1 aliphatic rings. The van der Waals surface area contributed by atoms with Crippen molar-refractivity contribution in [3.8, 4) is 0 Å². The van der Waals surface area contributed by atoms with Crippen LogP contribution in [0.1, 0.15) is 45.4 Å². The number of aryl methyl sites for hydroxylation is 1. The van der Waals surface area contributed by atoms with Crippen molar-refractivity contribution in [2.24, 2.45) is 5.92 Å². The molecule has 0 aliphatic heterocycles. The SMILES string of the molecule is CCCn1ncnc1CNC(C)C1CCC1. The molecule has 0 aromatic carbocycles. The van der Waals surface area contributed by atoms with Crippen LogP contribution in [0.25, 0.3) is 0 Å². The van der Waals surface area contributed by atoms with E-state index in [4.69, 9.17) is 0 Å². The molecular formula is C12H22N4. The van der Waals surface area contributed by atoms with Gasteiger partial charge in [0.05, 0.1) is 6.54 Å². The fraction of sp³-hybridized carbons (Fsp3) is 0.833. The van der Waals surface area contributed by atoms with Crippen LogP contribution in [-0.4, -0.2) is 20.8 Å². The Morgan fingerprint density at radius 1 is 1.56 bits per heavy atom. The van der Waals surface area contributed by atoms with Gasteiger partial charge in [-0.2, -0.15) is 5.10 Å².